The van der Waals surface area contributed by atoms with Crippen molar-refractivity contribution >= 4 is 12.0 Å². The molecule has 0 aliphatic rings. The number of hydrogen-bond acceptors (Lipinski definition) is 3. The maximum atomic E-state index is 11.7. The van der Waals surface area contributed by atoms with Crippen LogP contribution < -0.4 is 5.32 Å². The second kappa shape index (κ2) is 6.84. The lowest BCUT2D eigenvalue weighted by Gasteiger charge is -2.25. The summed E-state index contributed by atoms with van der Waals surface area (Å²) >= 11 is 0. The van der Waals surface area contributed by atoms with E-state index in [1.807, 2.05) is 13.8 Å². The van der Waals surface area contributed by atoms with Crippen molar-refractivity contribution in [3.05, 3.63) is 0 Å². The summed E-state index contributed by atoms with van der Waals surface area (Å²) in [5.74, 6) is -1.53. The van der Waals surface area contributed by atoms with Crippen LogP contribution in [0.25, 0.3) is 0 Å². The van der Waals surface area contributed by atoms with E-state index in [0.717, 1.165) is 0 Å². The molecule has 18 heavy (non-hydrogen) atoms. The Kier molecular flexibility index (Phi) is 6.17. The summed E-state index contributed by atoms with van der Waals surface area (Å²) in [5.41, 5.74) is -0.288. The number of aliphatic carboxylic acids is 1. The van der Waals surface area contributed by atoms with Gasteiger partial charge < -0.3 is 15.3 Å². The third-order valence-corrected chi connectivity index (χ3v) is 2.59. The highest BCUT2D eigenvalue weighted by Crippen LogP contribution is 2.17. The smallest absolute Gasteiger partial charge is 0.317 e. The first kappa shape index (κ1) is 16.2. The van der Waals surface area contributed by atoms with Gasteiger partial charge in [-0.15, -0.1) is 0 Å². The van der Waals surface area contributed by atoms with Gasteiger partial charge in [0.25, 0.3) is 0 Å². The molecule has 0 rings (SSSR count). The monoisotopic (exact) mass is 255 g/mol. The van der Waals surface area contributed by atoms with Crippen molar-refractivity contribution < 1.29 is 14.7 Å². The topological polar surface area (TPSA) is 93.4 Å². The van der Waals surface area contributed by atoms with Gasteiger partial charge in [0.1, 0.15) is 0 Å². The highest BCUT2D eigenvalue weighted by atomic mass is 16.4. The van der Waals surface area contributed by atoms with Gasteiger partial charge in [0.15, 0.2) is 0 Å². The van der Waals surface area contributed by atoms with Crippen LogP contribution in [0, 0.1) is 22.7 Å². The average Bonchev–Trinajstić information content (AvgIpc) is 2.25. The van der Waals surface area contributed by atoms with E-state index < -0.39 is 11.9 Å². The van der Waals surface area contributed by atoms with Crippen molar-refractivity contribution in [2.45, 2.75) is 27.2 Å². The number of carboxylic acid groups (broad SMARTS) is 1. The number of carboxylic acids is 1. The van der Waals surface area contributed by atoms with Crippen molar-refractivity contribution in [1.29, 1.82) is 5.26 Å². The van der Waals surface area contributed by atoms with Crippen molar-refractivity contribution in [2.24, 2.45) is 11.3 Å². The molecule has 2 N–H and O–H groups in total. The highest BCUT2D eigenvalue weighted by Gasteiger charge is 2.21. The van der Waals surface area contributed by atoms with E-state index in [1.165, 1.54) is 4.90 Å². The molecule has 0 aliphatic heterocycles. The summed E-state index contributed by atoms with van der Waals surface area (Å²) < 4.78 is 0. The maximum absolute atomic E-state index is 11.7. The molecule has 0 aromatic carbocycles. The standard InChI is InChI=1S/C12H21N3O3/c1-9(10(16)17)7-15(4)11(18)14-8-12(2,3)5-6-13/h9H,5,7-8H2,1-4H3,(H,14,18)(H,16,17). The number of urea groups is 1. The quantitative estimate of drug-likeness (QED) is 0.747. The highest BCUT2D eigenvalue weighted by molar-refractivity contribution is 5.75. The van der Waals surface area contributed by atoms with Gasteiger partial charge in [-0.2, -0.15) is 5.26 Å². The Hall–Kier alpha value is -1.77. The van der Waals surface area contributed by atoms with Crippen LogP contribution in [0.4, 0.5) is 4.79 Å². The number of carbonyl (C=O) groups excluding carboxylic acids is 1. The lowest BCUT2D eigenvalue weighted by Crippen LogP contribution is -2.43. The van der Waals surface area contributed by atoms with Gasteiger partial charge in [0.05, 0.1) is 12.0 Å². The Balaban J connectivity index is 4.18. The third kappa shape index (κ3) is 6.09. The molecule has 0 saturated carbocycles. The fourth-order valence-electron chi connectivity index (χ4n) is 1.30. The van der Waals surface area contributed by atoms with Gasteiger partial charge in [-0.05, 0) is 5.41 Å². The van der Waals surface area contributed by atoms with E-state index in [-0.39, 0.29) is 18.0 Å². The first-order valence-electron chi connectivity index (χ1n) is 5.78. The maximum Gasteiger partial charge on any atom is 0.317 e. The fourth-order valence-corrected chi connectivity index (χ4v) is 1.30. The predicted octanol–water partition coefficient (Wildman–Crippen LogP) is 1.29. The summed E-state index contributed by atoms with van der Waals surface area (Å²) in [5, 5.41) is 20.1. The molecule has 0 heterocycles. The zero-order valence-electron chi connectivity index (χ0n) is 11.4. The molecule has 1 atom stereocenters. The Bertz CT molecular complexity index is 347. The second-order valence-electron chi connectivity index (χ2n) is 5.28. The molecule has 0 fully saturated rings. The molecule has 0 aromatic heterocycles. The normalized spacial score (nSPS) is 12.4. The summed E-state index contributed by atoms with van der Waals surface area (Å²) in [6, 6.07) is 1.74. The van der Waals surface area contributed by atoms with Gasteiger partial charge in [-0.25, -0.2) is 4.79 Å². The summed E-state index contributed by atoms with van der Waals surface area (Å²) in [6.07, 6.45) is 0.350. The van der Waals surface area contributed by atoms with Crippen LogP contribution in [0.2, 0.25) is 0 Å². The van der Waals surface area contributed by atoms with E-state index in [4.69, 9.17) is 10.4 Å². The lowest BCUT2D eigenvalue weighted by atomic mass is 9.90. The lowest BCUT2D eigenvalue weighted by molar-refractivity contribution is -0.141. The molecule has 0 bridgehead atoms. The van der Waals surface area contributed by atoms with Crippen molar-refractivity contribution in [1.82, 2.24) is 10.2 Å². The van der Waals surface area contributed by atoms with E-state index in [9.17, 15) is 9.59 Å². The molecule has 2 amide bonds. The molecule has 102 valence electrons. The number of hydrogen-bond donors (Lipinski definition) is 2. The van der Waals surface area contributed by atoms with E-state index in [2.05, 4.69) is 11.4 Å². The Morgan fingerprint density at radius 3 is 2.50 bits per heavy atom. The molecule has 6 nitrogen and oxygen atoms in total. The van der Waals surface area contributed by atoms with E-state index in [0.29, 0.717) is 13.0 Å². The summed E-state index contributed by atoms with van der Waals surface area (Å²) in [6.45, 7) is 5.85. The minimum absolute atomic E-state index is 0.153. The van der Waals surface area contributed by atoms with Crippen LogP contribution in [0.5, 0.6) is 0 Å². The van der Waals surface area contributed by atoms with Gasteiger partial charge >= 0.3 is 12.0 Å². The first-order valence-corrected chi connectivity index (χ1v) is 5.78. The zero-order valence-corrected chi connectivity index (χ0v) is 11.4. The zero-order chi connectivity index (χ0) is 14.3. The molecule has 0 aromatic rings. The van der Waals surface area contributed by atoms with Crippen molar-refractivity contribution in [2.75, 3.05) is 20.1 Å². The van der Waals surface area contributed by atoms with Gasteiger partial charge in [0, 0.05) is 26.6 Å². The Morgan fingerprint density at radius 2 is 2.06 bits per heavy atom. The Morgan fingerprint density at radius 1 is 1.50 bits per heavy atom. The summed E-state index contributed by atoms with van der Waals surface area (Å²) in [7, 11) is 1.55. The minimum atomic E-state index is -0.931. The number of carbonyl (C=O) groups is 2. The molecule has 0 saturated heterocycles. The van der Waals surface area contributed by atoms with Crippen LogP contribution in [-0.2, 0) is 4.79 Å². The largest absolute Gasteiger partial charge is 0.481 e. The van der Waals surface area contributed by atoms with E-state index in [1.54, 1.807) is 14.0 Å². The van der Waals surface area contributed by atoms with Crippen LogP contribution in [0.3, 0.4) is 0 Å². The van der Waals surface area contributed by atoms with Crippen molar-refractivity contribution in [3.8, 4) is 6.07 Å². The van der Waals surface area contributed by atoms with E-state index >= 15 is 0 Å². The van der Waals surface area contributed by atoms with Crippen molar-refractivity contribution in [3.63, 3.8) is 0 Å². The third-order valence-electron chi connectivity index (χ3n) is 2.59. The summed E-state index contributed by atoms with van der Waals surface area (Å²) in [4.78, 5) is 23.7. The van der Waals surface area contributed by atoms with Crippen LogP contribution in [-0.4, -0.2) is 42.1 Å². The van der Waals surface area contributed by atoms with Gasteiger partial charge in [-0.1, -0.05) is 20.8 Å². The molecule has 0 aliphatic carbocycles. The number of nitriles is 1. The molecular formula is C12H21N3O3. The average molecular weight is 255 g/mol. The molecule has 1 unspecified atom stereocenters. The van der Waals surface area contributed by atoms with Crippen LogP contribution >= 0.6 is 0 Å². The number of nitrogens with one attached hydrogen (secondary N) is 1. The molecule has 0 spiro atoms. The number of amides is 2. The predicted molar refractivity (Wildman–Crippen MR) is 66.8 cm³/mol. The molecular weight excluding hydrogens is 234 g/mol. The number of rotatable bonds is 6. The first-order chi connectivity index (χ1) is 8.19. The molecule has 0 radical (unpaired) electrons. The van der Waals surface area contributed by atoms with Gasteiger partial charge in [-0.3, -0.25) is 4.79 Å². The minimum Gasteiger partial charge on any atom is -0.481 e. The fraction of sp³-hybridized carbons (Fsp3) is 0.750. The molecule has 6 heteroatoms. The number of nitrogens with zero attached hydrogens (tertiary/aromatic N) is 2. The van der Waals surface area contributed by atoms with Crippen LogP contribution in [0.1, 0.15) is 27.2 Å². The van der Waals surface area contributed by atoms with Gasteiger partial charge in [0.2, 0.25) is 0 Å². The SMILES string of the molecule is CC(CN(C)C(=O)NCC(C)(C)CC#N)C(=O)O. The Labute approximate surface area is 108 Å². The van der Waals surface area contributed by atoms with Crippen LogP contribution in [0.15, 0.2) is 0 Å². The second-order valence-corrected chi connectivity index (χ2v) is 5.28.